The first-order valence-electron chi connectivity index (χ1n) is 9.67. The van der Waals surface area contributed by atoms with Crippen molar-refractivity contribution >= 4 is 11.7 Å². The van der Waals surface area contributed by atoms with Crippen molar-refractivity contribution in [3.63, 3.8) is 0 Å². The summed E-state index contributed by atoms with van der Waals surface area (Å²) in [6, 6.07) is 10.9. The molecule has 1 saturated carbocycles. The summed E-state index contributed by atoms with van der Waals surface area (Å²) >= 11 is 0. The number of hydrogen-bond donors (Lipinski definition) is 1. The van der Waals surface area contributed by atoms with Crippen LogP contribution in [0.4, 0.5) is 10.5 Å². The molecule has 2 fully saturated rings. The van der Waals surface area contributed by atoms with Gasteiger partial charge in [0.1, 0.15) is 0 Å². The highest BCUT2D eigenvalue weighted by molar-refractivity contribution is 5.95. The number of methoxy groups -OCH3 is 1. The molecule has 1 aromatic carbocycles. The highest BCUT2D eigenvalue weighted by Crippen LogP contribution is 2.46. The predicted molar refractivity (Wildman–Crippen MR) is 107 cm³/mol. The molecule has 28 heavy (non-hydrogen) atoms. The van der Waals surface area contributed by atoms with Crippen molar-refractivity contribution in [1.82, 2.24) is 20.2 Å². The molecule has 1 aromatic heterocycles. The van der Waals surface area contributed by atoms with Gasteiger partial charge in [-0.1, -0.05) is 30.3 Å². The molecule has 1 saturated heterocycles. The van der Waals surface area contributed by atoms with E-state index in [9.17, 15) is 4.79 Å². The Kier molecular flexibility index (Phi) is 4.71. The highest BCUT2D eigenvalue weighted by Gasteiger charge is 2.50. The summed E-state index contributed by atoms with van der Waals surface area (Å²) in [5, 5.41) is 3.26. The predicted octanol–water partition coefficient (Wildman–Crippen LogP) is 2.78. The first-order chi connectivity index (χ1) is 13.5. The second kappa shape index (κ2) is 7.05. The molecule has 0 bridgehead atoms. The first kappa shape index (κ1) is 18.7. The van der Waals surface area contributed by atoms with Gasteiger partial charge in [-0.15, -0.1) is 0 Å². The minimum atomic E-state index is -0.203. The topological polar surface area (TPSA) is 70.6 Å². The van der Waals surface area contributed by atoms with E-state index in [1.165, 1.54) is 12.7 Å². The monoisotopic (exact) mass is 381 g/mol. The zero-order valence-electron chi connectivity index (χ0n) is 16.7. The Hall–Kier alpha value is -2.67. The Balaban J connectivity index is 1.53. The number of urea groups is 1. The Labute approximate surface area is 165 Å². The molecule has 2 aromatic rings. The summed E-state index contributed by atoms with van der Waals surface area (Å²) in [6.45, 7) is 0.639. The number of benzene rings is 1. The quantitative estimate of drug-likeness (QED) is 0.882. The van der Waals surface area contributed by atoms with Gasteiger partial charge in [0.15, 0.2) is 0 Å². The number of aromatic nitrogens is 2. The van der Waals surface area contributed by atoms with Gasteiger partial charge < -0.3 is 10.1 Å². The smallest absolute Gasteiger partial charge is 0.322 e. The number of ether oxygens (including phenoxy) is 1. The lowest BCUT2D eigenvalue weighted by Gasteiger charge is -2.48. The third kappa shape index (κ3) is 3.09. The molecule has 2 aliphatic rings. The standard InChI is InChI=1S/C21H27N5O2/c1-25(2)21(16-7-5-4-6-8-16)11-9-20(10-12-21)15-26(19(27)24-20)17-13-22-18(28-3)23-14-17/h4-8,13-14H,9-12,15H2,1-3H3,(H,24,27)/t20-,21-. The number of anilines is 1. The molecule has 2 amide bonds. The van der Waals surface area contributed by atoms with E-state index in [2.05, 4.69) is 64.6 Å². The van der Waals surface area contributed by atoms with Crippen LogP contribution in [0.5, 0.6) is 6.01 Å². The lowest BCUT2D eigenvalue weighted by molar-refractivity contribution is 0.0658. The van der Waals surface area contributed by atoms with Crippen LogP contribution >= 0.6 is 0 Å². The summed E-state index contributed by atoms with van der Waals surface area (Å²) in [5.74, 6) is 0. The summed E-state index contributed by atoms with van der Waals surface area (Å²) in [6.07, 6.45) is 7.13. The van der Waals surface area contributed by atoms with Crippen molar-refractivity contribution in [3.05, 3.63) is 48.3 Å². The normalized spacial score (nSPS) is 27.3. The van der Waals surface area contributed by atoms with E-state index < -0.39 is 0 Å². The van der Waals surface area contributed by atoms with Crippen LogP contribution < -0.4 is 15.0 Å². The van der Waals surface area contributed by atoms with Gasteiger partial charge in [0.05, 0.1) is 37.3 Å². The van der Waals surface area contributed by atoms with Gasteiger partial charge in [-0.3, -0.25) is 9.80 Å². The number of hydrogen-bond acceptors (Lipinski definition) is 5. The van der Waals surface area contributed by atoms with Gasteiger partial charge in [0.25, 0.3) is 0 Å². The van der Waals surface area contributed by atoms with Crippen LogP contribution in [0.25, 0.3) is 0 Å². The number of carbonyl (C=O) groups excluding carboxylic acids is 1. The number of rotatable bonds is 4. The molecule has 2 heterocycles. The van der Waals surface area contributed by atoms with Crippen LogP contribution in [0, 0.1) is 0 Å². The zero-order valence-corrected chi connectivity index (χ0v) is 16.7. The SMILES string of the molecule is COc1ncc(N2C[C@]3(CC[C@@](c4ccccc4)(N(C)C)CC3)NC2=O)cn1. The zero-order chi connectivity index (χ0) is 19.8. The summed E-state index contributed by atoms with van der Waals surface area (Å²) < 4.78 is 5.01. The maximum atomic E-state index is 12.7. The van der Waals surface area contributed by atoms with Crippen LogP contribution in [-0.4, -0.2) is 54.2 Å². The summed E-state index contributed by atoms with van der Waals surface area (Å²) in [4.78, 5) is 25.0. The average molecular weight is 381 g/mol. The Morgan fingerprint density at radius 1 is 1.07 bits per heavy atom. The van der Waals surface area contributed by atoms with E-state index in [0.717, 1.165) is 25.7 Å². The molecule has 7 heteroatoms. The molecule has 148 valence electrons. The number of nitrogens with one attached hydrogen (secondary N) is 1. The molecule has 1 aliphatic carbocycles. The van der Waals surface area contributed by atoms with Crippen molar-refractivity contribution in [3.8, 4) is 6.01 Å². The van der Waals surface area contributed by atoms with Crippen molar-refractivity contribution in [1.29, 1.82) is 0 Å². The van der Waals surface area contributed by atoms with E-state index in [0.29, 0.717) is 18.2 Å². The Morgan fingerprint density at radius 2 is 1.71 bits per heavy atom. The molecule has 1 spiro atoms. The molecule has 1 N–H and O–H groups in total. The van der Waals surface area contributed by atoms with Crippen molar-refractivity contribution in [2.45, 2.75) is 36.8 Å². The molecule has 4 rings (SSSR count). The van der Waals surface area contributed by atoms with E-state index >= 15 is 0 Å². The van der Waals surface area contributed by atoms with Gasteiger partial charge in [0.2, 0.25) is 0 Å². The maximum Gasteiger partial charge on any atom is 0.322 e. The molecule has 7 nitrogen and oxygen atoms in total. The molecule has 1 aliphatic heterocycles. The average Bonchev–Trinajstić information content (AvgIpc) is 3.05. The minimum Gasteiger partial charge on any atom is -0.467 e. The fraction of sp³-hybridized carbons (Fsp3) is 0.476. The van der Waals surface area contributed by atoms with Gasteiger partial charge in [0, 0.05) is 5.54 Å². The van der Waals surface area contributed by atoms with Crippen LogP contribution in [-0.2, 0) is 5.54 Å². The second-order valence-corrected chi connectivity index (χ2v) is 8.02. The lowest BCUT2D eigenvalue weighted by atomic mass is 9.69. The largest absolute Gasteiger partial charge is 0.467 e. The summed E-state index contributed by atoms with van der Waals surface area (Å²) in [5.41, 5.74) is 1.85. The van der Waals surface area contributed by atoms with Gasteiger partial charge in [-0.05, 0) is 45.3 Å². The molecule has 0 atom stereocenters. The van der Waals surface area contributed by atoms with Crippen LogP contribution in [0.1, 0.15) is 31.2 Å². The van der Waals surface area contributed by atoms with Crippen molar-refractivity contribution in [2.24, 2.45) is 0 Å². The third-order valence-corrected chi connectivity index (χ3v) is 6.39. The number of nitrogens with zero attached hydrogens (tertiary/aromatic N) is 4. The molecular weight excluding hydrogens is 354 g/mol. The van der Waals surface area contributed by atoms with Crippen LogP contribution in [0.3, 0.4) is 0 Å². The van der Waals surface area contributed by atoms with Gasteiger partial charge in [-0.2, -0.15) is 0 Å². The molecule has 0 unspecified atom stereocenters. The molecular formula is C21H27N5O2. The minimum absolute atomic E-state index is 0.00782. The van der Waals surface area contributed by atoms with E-state index in [1.54, 1.807) is 17.3 Å². The molecule has 0 radical (unpaired) electrons. The van der Waals surface area contributed by atoms with E-state index in [-0.39, 0.29) is 17.1 Å². The number of amides is 2. The van der Waals surface area contributed by atoms with Crippen molar-refractivity contribution < 1.29 is 9.53 Å². The van der Waals surface area contributed by atoms with Crippen LogP contribution in [0.2, 0.25) is 0 Å². The third-order valence-electron chi connectivity index (χ3n) is 6.39. The van der Waals surface area contributed by atoms with Crippen molar-refractivity contribution in [2.75, 3.05) is 32.6 Å². The van der Waals surface area contributed by atoms with Gasteiger partial charge in [-0.25, -0.2) is 14.8 Å². The highest BCUT2D eigenvalue weighted by atomic mass is 16.5. The van der Waals surface area contributed by atoms with Crippen LogP contribution in [0.15, 0.2) is 42.7 Å². The first-order valence-corrected chi connectivity index (χ1v) is 9.67. The number of carbonyl (C=O) groups is 1. The fourth-order valence-corrected chi connectivity index (χ4v) is 4.64. The van der Waals surface area contributed by atoms with E-state index in [1.807, 2.05) is 0 Å². The Morgan fingerprint density at radius 3 is 2.29 bits per heavy atom. The maximum absolute atomic E-state index is 12.7. The fourth-order valence-electron chi connectivity index (χ4n) is 4.64. The lowest BCUT2D eigenvalue weighted by Crippen LogP contribution is -2.54. The second-order valence-electron chi connectivity index (χ2n) is 8.02. The van der Waals surface area contributed by atoms with E-state index in [4.69, 9.17) is 4.74 Å². The van der Waals surface area contributed by atoms with Gasteiger partial charge >= 0.3 is 12.0 Å². The summed E-state index contributed by atoms with van der Waals surface area (Å²) in [7, 11) is 5.83. The Bertz CT molecular complexity index is 830.